The lowest BCUT2D eigenvalue weighted by Gasteiger charge is -2.31. The third-order valence-corrected chi connectivity index (χ3v) is 6.30. The van der Waals surface area contributed by atoms with E-state index < -0.39 is 11.4 Å². The molecule has 4 nitrogen and oxygen atoms in total. The standard InChI is InChI=1S/C14H23NO3S/c1-10(2)14(12(17)18)6-7-15(9-14)11(16)13(3)5-4-8-19-13/h10H,4-9H2,1-3H3,(H,17,18). The Balaban J connectivity index is 2.13. The van der Waals surface area contributed by atoms with Crippen LogP contribution in [0.2, 0.25) is 0 Å². The van der Waals surface area contributed by atoms with Gasteiger partial charge in [0.25, 0.3) is 0 Å². The molecule has 1 N–H and O–H groups in total. The van der Waals surface area contributed by atoms with Crippen LogP contribution in [0, 0.1) is 11.3 Å². The van der Waals surface area contributed by atoms with Gasteiger partial charge >= 0.3 is 5.97 Å². The van der Waals surface area contributed by atoms with Gasteiger partial charge in [0.15, 0.2) is 0 Å². The number of amides is 1. The van der Waals surface area contributed by atoms with Crippen molar-refractivity contribution in [1.82, 2.24) is 4.90 Å². The highest BCUT2D eigenvalue weighted by Crippen LogP contribution is 2.43. The van der Waals surface area contributed by atoms with Gasteiger partial charge in [-0.15, -0.1) is 11.8 Å². The van der Waals surface area contributed by atoms with Crippen molar-refractivity contribution in [1.29, 1.82) is 0 Å². The lowest BCUT2D eigenvalue weighted by Crippen LogP contribution is -2.46. The monoisotopic (exact) mass is 285 g/mol. The van der Waals surface area contributed by atoms with Gasteiger partial charge in [0, 0.05) is 13.1 Å². The van der Waals surface area contributed by atoms with Crippen LogP contribution in [0.5, 0.6) is 0 Å². The van der Waals surface area contributed by atoms with Gasteiger partial charge in [0.1, 0.15) is 0 Å². The summed E-state index contributed by atoms with van der Waals surface area (Å²) in [6.45, 7) is 6.83. The van der Waals surface area contributed by atoms with E-state index in [-0.39, 0.29) is 16.6 Å². The molecule has 2 saturated heterocycles. The third kappa shape index (κ3) is 2.37. The van der Waals surface area contributed by atoms with Crippen LogP contribution in [0.4, 0.5) is 0 Å². The lowest BCUT2D eigenvalue weighted by atomic mass is 9.76. The van der Waals surface area contributed by atoms with E-state index in [9.17, 15) is 14.7 Å². The average molecular weight is 285 g/mol. The summed E-state index contributed by atoms with van der Waals surface area (Å²) in [7, 11) is 0. The first-order valence-corrected chi connectivity index (χ1v) is 7.97. The Hall–Kier alpha value is -0.710. The first kappa shape index (κ1) is 14.7. The molecule has 0 aromatic carbocycles. The summed E-state index contributed by atoms with van der Waals surface area (Å²) < 4.78 is -0.328. The van der Waals surface area contributed by atoms with Gasteiger partial charge in [-0.05, 0) is 37.9 Å². The molecule has 19 heavy (non-hydrogen) atoms. The van der Waals surface area contributed by atoms with Gasteiger partial charge < -0.3 is 10.0 Å². The van der Waals surface area contributed by atoms with Gasteiger partial charge in [0.05, 0.1) is 10.2 Å². The zero-order valence-electron chi connectivity index (χ0n) is 11.9. The van der Waals surface area contributed by atoms with Gasteiger partial charge in [-0.3, -0.25) is 9.59 Å². The van der Waals surface area contributed by atoms with E-state index in [0.29, 0.717) is 19.5 Å². The summed E-state index contributed by atoms with van der Waals surface area (Å²) in [5.41, 5.74) is -0.755. The van der Waals surface area contributed by atoms with E-state index in [1.165, 1.54) is 0 Å². The highest BCUT2D eigenvalue weighted by molar-refractivity contribution is 8.01. The molecule has 2 fully saturated rings. The van der Waals surface area contributed by atoms with Crippen molar-refractivity contribution in [3.63, 3.8) is 0 Å². The van der Waals surface area contributed by atoms with Crippen LogP contribution in [0.25, 0.3) is 0 Å². The minimum atomic E-state index is -0.762. The maximum absolute atomic E-state index is 12.6. The van der Waals surface area contributed by atoms with Gasteiger partial charge in [-0.2, -0.15) is 0 Å². The lowest BCUT2D eigenvalue weighted by molar-refractivity contribution is -0.151. The molecule has 0 saturated carbocycles. The average Bonchev–Trinajstić information content (AvgIpc) is 2.95. The number of rotatable bonds is 3. The smallest absolute Gasteiger partial charge is 0.311 e. The number of carboxylic acids is 1. The fourth-order valence-corrected chi connectivity index (χ4v) is 4.46. The Kier molecular flexibility index (Phi) is 3.87. The summed E-state index contributed by atoms with van der Waals surface area (Å²) in [4.78, 5) is 26.0. The second kappa shape index (κ2) is 5.00. The molecule has 0 spiro atoms. The van der Waals surface area contributed by atoms with Crippen molar-refractivity contribution < 1.29 is 14.7 Å². The van der Waals surface area contributed by atoms with E-state index in [1.54, 1.807) is 16.7 Å². The second-order valence-corrected chi connectivity index (χ2v) is 7.87. The Morgan fingerprint density at radius 1 is 1.32 bits per heavy atom. The van der Waals surface area contributed by atoms with E-state index in [4.69, 9.17) is 0 Å². The van der Waals surface area contributed by atoms with Crippen molar-refractivity contribution in [2.45, 2.75) is 44.8 Å². The number of likely N-dealkylation sites (tertiary alicyclic amines) is 1. The predicted molar refractivity (Wildman–Crippen MR) is 76.2 cm³/mol. The summed E-state index contributed by atoms with van der Waals surface area (Å²) >= 11 is 1.72. The Morgan fingerprint density at radius 3 is 2.42 bits per heavy atom. The maximum atomic E-state index is 12.6. The van der Waals surface area contributed by atoms with Crippen molar-refractivity contribution >= 4 is 23.6 Å². The fourth-order valence-electron chi connectivity index (χ4n) is 3.18. The number of hydrogen-bond donors (Lipinski definition) is 1. The molecule has 0 aromatic heterocycles. The molecule has 1 amide bonds. The Morgan fingerprint density at radius 2 is 2.00 bits per heavy atom. The van der Waals surface area contributed by atoms with Crippen LogP contribution in [-0.2, 0) is 9.59 Å². The molecule has 2 unspecified atom stereocenters. The van der Waals surface area contributed by atoms with Crippen LogP contribution >= 0.6 is 11.8 Å². The van der Waals surface area contributed by atoms with Crippen LogP contribution in [0.1, 0.15) is 40.0 Å². The van der Waals surface area contributed by atoms with Crippen molar-refractivity contribution in [2.24, 2.45) is 11.3 Å². The zero-order valence-corrected chi connectivity index (χ0v) is 12.8. The number of nitrogens with zero attached hydrogens (tertiary/aromatic N) is 1. The van der Waals surface area contributed by atoms with Crippen LogP contribution < -0.4 is 0 Å². The highest BCUT2D eigenvalue weighted by Gasteiger charge is 2.51. The number of carboxylic acid groups (broad SMARTS) is 1. The Bertz CT molecular complexity index is 390. The molecule has 2 heterocycles. The van der Waals surface area contributed by atoms with Crippen LogP contribution in [0.3, 0.4) is 0 Å². The Labute approximate surface area is 118 Å². The predicted octanol–water partition coefficient (Wildman–Crippen LogP) is 2.23. The molecular weight excluding hydrogens is 262 g/mol. The number of hydrogen-bond acceptors (Lipinski definition) is 3. The molecule has 0 aliphatic carbocycles. The number of carbonyl (C=O) groups excluding carboxylic acids is 1. The number of thioether (sulfide) groups is 1. The number of aliphatic carboxylic acids is 1. The SMILES string of the molecule is CC(C)C1(C(=O)O)CCN(C(=O)C2(C)CCCS2)C1. The van der Waals surface area contributed by atoms with Gasteiger partial charge in [0.2, 0.25) is 5.91 Å². The number of carbonyl (C=O) groups is 2. The van der Waals surface area contributed by atoms with Crippen molar-refractivity contribution in [3.8, 4) is 0 Å². The minimum Gasteiger partial charge on any atom is -0.481 e. The normalized spacial score (nSPS) is 35.1. The molecule has 2 aliphatic heterocycles. The summed E-state index contributed by atoms with van der Waals surface area (Å²) in [6, 6.07) is 0. The molecule has 0 aromatic rings. The summed E-state index contributed by atoms with van der Waals surface area (Å²) in [5, 5.41) is 9.52. The van der Waals surface area contributed by atoms with Crippen LogP contribution in [-0.4, -0.2) is 45.5 Å². The van der Waals surface area contributed by atoms with Crippen LogP contribution in [0.15, 0.2) is 0 Å². The molecular formula is C14H23NO3S. The molecule has 2 aliphatic rings. The molecule has 0 bridgehead atoms. The largest absolute Gasteiger partial charge is 0.481 e. The molecule has 2 rings (SSSR count). The third-order valence-electron chi connectivity index (χ3n) is 4.79. The minimum absolute atomic E-state index is 0.0480. The first-order valence-electron chi connectivity index (χ1n) is 6.98. The highest BCUT2D eigenvalue weighted by atomic mass is 32.2. The van der Waals surface area contributed by atoms with Gasteiger partial charge in [-0.25, -0.2) is 0 Å². The fraction of sp³-hybridized carbons (Fsp3) is 0.857. The zero-order chi connectivity index (χ0) is 14.3. The second-order valence-electron chi connectivity index (χ2n) is 6.28. The molecule has 0 radical (unpaired) electrons. The summed E-state index contributed by atoms with van der Waals surface area (Å²) in [6.07, 6.45) is 2.57. The van der Waals surface area contributed by atoms with Crippen molar-refractivity contribution in [3.05, 3.63) is 0 Å². The van der Waals surface area contributed by atoms with E-state index in [2.05, 4.69) is 0 Å². The van der Waals surface area contributed by atoms with Crippen molar-refractivity contribution in [2.75, 3.05) is 18.8 Å². The molecule has 2 atom stereocenters. The van der Waals surface area contributed by atoms with E-state index in [0.717, 1.165) is 18.6 Å². The summed E-state index contributed by atoms with van der Waals surface area (Å²) in [5.74, 6) is 0.456. The molecule has 5 heteroatoms. The quantitative estimate of drug-likeness (QED) is 0.864. The maximum Gasteiger partial charge on any atom is 0.311 e. The van der Waals surface area contributed by atoms with Gasteiger partial charge in [-0.1, -0.05) is 13.8 Å². The topological polar surface area (TPSA) is 57.6 Å². The molecule has 108 valence electrons. The van der Waals surface area contributed by atoms with E-state index in [1.807, 2.05) is 20.8 Å². The first-order chi connectivity index (χ1) is 8.82. The van der Waals surface area contributed by atoms with E-state index >= 15 is 0 Å².